The lowest BCUT2D eigenvalue weighted by Crippen LogP contribution is -2.65. The first-order chi connectivity index (χ1) is 8.99. The van der Waals surface area contributed by atoms with E-state index in [1.807, 2.05) is 30.3 Å². The van der Waals surface area contributed by atoms with Gasteiger partial charge in [-0.15, -0.1) is 0 Å². The molecule has 1 aliphatic heterocycles. The molecule has 19 heavy (non-hydrogen) atoms. The first-order valence-corrected chi connectivity index (χ1v) is 6.25. The number of ether oxygens (including phenoxy) is 2. The van der Waals surface area contributed by atoms with Gasteiger partial charge in [0.1, 0.15) is 11.7 Å². The van der Waals surface area contributed by atoms with Crippen molar-refractivity contribution in [3.05, 3.63) is 35.9 Å². The Kier molecular flexibility index (Phi) is 4.20. The normalized spacial score (nSPS) is 39.2. The molecule has 1 aromatic carbocycles. The van der Waals surface area contributed by atoms with Crippen molar-refractivity contribution >= 4 is 0 Å². The third-order valence-electron chi connectivity index (χ3n) is 3.68. The van der Waals surface area contributed by atoms with Gasteiger partial charge in [0.15, 0.2) is 12.5 Å². The molecule has 5 heteroatoms. The van der Waals surface area contributed by atoms with Gasteiger partial charge in [-0.3, -0.25) is 0 Å². The highest BCUT2D eigenvalue weighted by Crippen LogP contribution is 2.34. The third kappa shape index (κ3) is 2.65. The molecule has 0 aliphatic carbocycles. The SMILES string of the molecule is CO[C@H]1O[C@H](C)[C@@](O)(Cc2ccccc2)[C@H](O)[C@H]1F. The molecule has 2 N–H and O–H groups in total. The Morgan fingerprint density at radius 2 is 2.00 bits per heavy atom. The standard InChI is InChI=1S/C14H19FO4/c1-9-14(17,8-10-6-4-3-5-7-10)12(16)11(15)13(18-2)19-9/h3-7,9,11-13,16-17H,8H2,1-2H3/t9-,11-,12-,13+,14+/m1/s1. The van der Waals surface area contributed by atoms with Crippen molar-refractivity contribution in [2.24, 2.45) is 0 Å². The zero-order valence-electron chi connectivity index (χ0n) is 11.0. The van der Waals surface area contributed by atoms with Crippen LogP contribution in [0.2, 0.25) is 0 Å². The summed E-state index contributed by atoms with van der Waals surface area (Å²) in [4.78, 5) is 0. The Morgan fingerprint density at radius 1 is 1.37 bits per heavy atom. The summed E-state index contributed by atoms with van der Waals surface area (Å²) >= 11 is 0. The number of hydrogen-bond acceptors (Lipinski definition) is 4. The molecule has 0 unspecified atom stereocenters. The fraction of sp³-hybridized carbons (Fsp3) is 0.571. The van der Waals surface area contributed by atoms with Crippen molar-refractivity contribution in [3.8, 4) is 0 Å². The highest BCUT2D eigenvalue weighted by Gasteiger charge is 2.53. The van der Waals surface area contributed by atoms with Gasteiger partial charge in [-0.05, 0) is 12.5 Å². The minimum Gasteiger partial charge on any atom is -0.387 e. The number of methoxy groups -OCH3 is 1. The number of hydrogen-bond donors (Lipinski definition) is 2. The summed E-state index contributed by atoms with van der Waals surface area (Å²) in [5.41, 5.74) is -0.863. The average Bonchev–Trinajstić information content (AvgIpc) is 2.42. The molecule has 0 saturated carbocycles. The molecular formula is C14H19FO4. The predicted molar refractivity (Wildman–Crippen MR) is 67.3 cm³/mol. The van der Waals surface area contributed by atoms with E-state index >= 15 is 0 Å². The molecule has 1 aromatic rings. The molecule has 1 heterocycles. The molecule has 2 rings (SSSR count). The zero-order valence-corrected chi connectivity index (χ0v) is 11.0. The summed E-state index contributed by atoms with van der Waals surface area (Å²) in [6.07, 6.45) is -5.11. The van der Waals surface area contributed by atoms with Crippen LogP contribution in [-0.4, -0.2) is 47.6 Å². The van der Waals surface area contributed by atoms with Crippen LogP contribution in [0.25, 0.3) is 0 Å². The van der Waals surface area contributed by atoms with Gasteiger partial charge >= 0.3 is 0 Å². The molecule has 0 radical (unpaired) electrons. The molecule has 1 aliphatic rings. The van der Waals surface area contributed by atoms with Gasteiger partial charge in [0.25, 0.3) is 0 Å². The maximum atomic E-state index is 14.0. The van der Waals surface area contributed by atoms with Crippen molar-refractivity contribution in [2.75, 3.05) is 7.11 Å². The molecule has 0 spiro atoms. The lowest BCUT2D eigenvalue weighted by atomic mass is 9.80. The van der Waals surface area contributed by atoms with Gasteiger partial charge in [0, 0.05) is 13.5 Å². The molecular weight excluding hydrogens is 251 g/mol. The van der Waals surface area contributed by atoms with E-state index in [4.69, 9.17) is 9.47 Å². The number of aliphatic hydroxyl groups is 2. The number of benzene rings is 1. The van der Waals surface area contributed by atoms with Crippen LogP contribution < -0.4 is 0 Å². The van der Waals surface area contributed by atoms with Crippen LogP contribution in [0.4, 0.5) is 4.39 Å². The van der Waals surface area contributed by atoms with Crippen LogP contribution in [0.1, 0.15) is 12.5 Å². The van der Waals surface area contributed by atoms with Gasteiger partial charge in [-0.1, -0.05) is 30.3 Å². The molecule has 1 saturated heterocycles. The third-order valence-corrected chi connectivity index (χ3v) is 3.68. The first-order valence-electron chi connectivity index (χ1n) is 6.25. The van der Waals surface area contributed by atoms with E-state index in [1.54, 1.807) is 6.92 Å². The van der Waals surface area contributed by atoms with Crippen molar-refractivity contribution in [3.63, 3.8) is 0 Å². The van der Waals surface area contributed by atoms with Crippen LogP contribution >= 0.6 is 0 Å². The van der Waals surface area contributed by atoms with Gasteiger partial charge in [0.05, 0.1) is 6.10 Å². The number of aliphatic hydroxyl groups excluding tert-OH is 1. The average molecular weight is 270 g/mol. The van der Waals surface area contributed by atoms with Gasteiger partial charge < -0.3 is 19.7 Å². The van der Waals surface area contributed by atoms with Gasteiger partial charge in [0.2, 0.25) is 0 Å². The molecule has 4 nitrogen and oxygen atoms in total. The Labute approximate surface area is 111 Å². The summed E-state index contributed by atoms with van der Waals surface area (Å²) in [5, 5.41) is 20.6. The lowest BCUT2D eigenvalue weighted by Gasteiger charge is -2.46. The second-order valence-corrected chi connectivity index (χ2v) is 4.93. The summed E-state index contributed by atoms with van der Waals surface area (Å²) in [7, 11) is 1.30. The summed E-state index contributed by atoms with van der Waals surface area (Å²) in [6, 6.07) is 9.12. The number of alkyl halides is 1. The van der Waals surface area contributed by atoms with Crippen molar-refractivity contribution < 1.29 is 24.1 Å². The van der Waals surface area contributed by atoms with E-state index < -0.39 is 30.3 Å². The summed E-state index contributed by atoms with van der Waals surface area (Å²) < 4.78 is 24.1. The molecule has 0 amide bonds. The molecule has 5 atom stereocenters. The monoisotopic (exact) mass is 270 g/mol. The van der Waals surface area contributed by atoms with E-state index in [1.165, 1.54) is 7.11 Å². The molecule has 0 aromatic heterocycles. The highest BCUT2D eigenvalue weighted by molar-refractivity contribution is 5.19. The molecule has 106 valence electrons. The zero-order chi connectivity index (χ0) is 14.0. The Hall–Kier alpha value is -1.01. The van der Waals surface area contributed by atoms with Crippen molar-refractivity contribution in [2.45, 2.75) is 43.6 Å². The van der Waals surface area contributed by atoms with Crippen LogP contribution in [0.5, 0.6) is 0 Å². The van der Waals surface area contributed by atoms with E-state index in [0.29, 0.717) is 0 Å². The lowest BCUT2D eigenvalue weighted by molar-refractivity contribution is -0.304. The van der Waals surface area contributed by atoms with Crippen LogP contribution in [-0.2, 0) is 15.9 Å². The number of rotatable bonds is 3. The van der Waals surface area contributed by atoms with Crippen molar-refractivity contribution in [1.29, 1.82) is 0 Å². The Bertz CT molecular complexity index is 413. The van der Waals surface area contributed by atoms with Crippen LogP contribution in [0, 0.1) is 0 Å². The fourth-order valence-corrected chi connectivity index (χ4v) is 2.42. The summed E-state index contributed by atoms with van der Waals surface area (Å²) in [6.45, 7) is 1.60. The largest absolute Gasteiger partial charge is 0.387 e. The topological polar surface area (TPSA) is 58.9 Å². The maximum absolute atomic E-state index is 14.0. The quantitative estimate of drug-likeness (QED) is 0.862. The second kappa shape index (κ2) is 5.54. The Balaban J connectivity index is 2.21. The molecule has 0 bridgehead atoms. The van der Waals surface area contributed by atoms with Gasteiger partial charge in [-0.25, -0.2) is 4.39 Å². The van der Waals surface area contributed by atoms with Crippen LogP contribution in [0.15, 0.2) is 30.3 Å². The minimum atomic E-state index is -1.78. The van der Waals surface area contributed by atoms with E-state index in [0.717, 1.165) is 5.56 Å². The van der Waals surface area contributed by atoms with E-state index in [9.17, 15) is 14.6 Å². The number of halogens is 1. The van der Waals surface area contributed by atoms with Crippen molar-refractivity contribution in [1.82, 2.24) is 0 Å². The van der Waals surface area contributed by atoms with Crippen LogP contribution in [0.3, 0.4) is 0 Å². The second-order valence-electron chi connectivity index (χ2n) is 4.93. The first kappa shape index (κ1) is 14.4. The summed E-state index contributed by atoms with van der Waals surface area (Å²) in [5.74, 6) is 0. The van der Waals surface area contributed by atoms with Gasteiger partial charge in [-0.2, -0.15) is 0 Å². The minimum absolute atomic E-state index is 0.118. The highest BCUT2D eigenvalue weighted by atomic mass is 19.1. The van der Waals surface area contributed by atoms with E-state index in [-0.39, 0.29) is 6.42 Å². The molecule has 1 fully saturated rings. The fourth-order valence-electron chi connectivity index (χ4n) is 2.42. The Morgan fingerprint density at radius 3 is 2.58 bits per heavy atom. The van der Waals surface area contributed by atoms with E-state index in [2.05, 4.69) is 0 Å². The maximum Gasteiger partial charge on any atom is 0.191 e. The smallest absolute Gasteiger partial charge is 0.191 e. The predicted octanol–water partition coefficient (Wildman–Crippen LogP) is 1.05.